The van der Waals surface area contributed by atoms with Crippen molar-refractivity contribution < 1.29 is 10.4 Å². The molecule has 3 heteroatoms. The van der Waals surface area contributed by atoms with Crippen molar-refractivity contribution in [1.82, 2.24) is 4.98 Å². The first kappa shape index (κ1) is 20.7. The van der Waals surface area contributed by atoms with E-state index in [4.69, 9.17) is 10.8 Å². The SMILES string of the molecule is [2H]C1(c2ccc(-c3c(C)ccc4c3oc3ncc5c(c34)C(C)(C)CCC5(C)C)[n+](C)c2)CCCC1. The lowest BCUT2D eigenvalue weighted by molar-refractivity contribution is -0.660. The van der Waals surface area contributed by atoms with Gasteiger partial charge in [-0.2, -0.15) is 0 Å². The summed E-state index contributed by atoms with van der Waals surface area (Å²) in [6.07, 6.45) is 10.8. The van der Waals surface area contributed by atoms with E-state index in [0.717, 1.165) is 65.6 Å². The maximum absolute atomic E-state index is 8.96. The number of hydrogen-bond donors (Lipinski definition) is 0. The summed E-state index contributed by atoms with van der Waals surface area (Å²) < 4.78 is 17.7. The van der Waals surface area contributed by atoms with Crippen LogP contribution in [0.2, 0.25) is 0 Å². The van der Waals surface area contributed by atoms with Crippen LogP contribution in [0.1, 0.15) is 95.7 Å². The molecule has 3 heterocycles. The summed E-state index contributed by atoms with van der Waals surface area (Å²) in [5, 5.41) is 2.35. The number of furan rings is 1. The number of rotatable bonds is 2. The molecule has 1 saturated carbocycles. The van der Waals surface area contributed by atoms with Crippen molar-refractivity contribution in [2.75, 3.05) is 0 Å². The van der Waals surface area contributed by atoms with Crippen LogP contribution in [0.4, 0.5) is 0 Å². The third-order valence-corrected chi connectivity index (χ3v) is 8.66. The highest BCUT2D eigenvalue weighted by Gasteiger charge is 2.40. The molecule has 1 aromatic carbocycles. The number of pyridine rings is 2. The molecule has 176 valence electrons. The van der Waals surface area contributed by atoms with Crippen LogP contribution in [0, 0.1) is 6.92 Å². The van der Waals surface area contributed by atoms with Crippen molar-refractivity contribution in [2.24, 2.45) is 7.05 Å². The Hall–Kier alpha value is -2.68. The molecule has 6 rings (SSSR count). The molecule has 3 aromatic heterocycles. The molecule has 2 aliphatic rings. The van der Waals surface area contributed by atoms with Crippen LogP contribution in [0.5, 0.6) is 0 Å². The number of fused-ring (bicyclic) bond motifs is 5. The average molecular weight is 455 g/mol. The van der Waals surface area contributed by atoms with Gasteiger partial charge in [0.1, 0.15) is 7.05 Å². The van der Waals surface area contributed by atoms with Crippen LogP contribution in [0.3, 0.4) is 0 Å². The summed E-state index contributed by atoms with van der Waals surface area (Å²) in [5.74, 6) is -0.446. The lowest BCUT2D eigenvalue weighted by atomic mass is 9.63. The van der Waals surface area contributed by atoms with Gasteiger partial charge in [-0.05, 0) is 72.1 Å². The van der Waals surface area contributed by atoms with Gasteiger partial charge in [-0.1, -0.05) is 52.7 Å². The molecule has 0 amide bonds. The minimum atomic E-state index is -0.446. The molecule has 0 aliphatic heterocycles. The number of benzene rings is 1. The summed E-state index contributed by atoms with van der Waals surface area (Å²) >= 11 is 0. The van der Waals surface area contributed by atoms with Crippen molar-refractivity contribution in [3.63, 3.8) is 0 Å². The lowest BCUT2D eigenvalue weighted by Gasteiger charge is -2.41. The van der Waals surface area contributed by atoms with E-state index < -0.39 is 5.89 Å². The third-order valence-electron chi connectivity index (χ3n) is 8.66. The zero-order valence-corrected chi connectivity index (χ0v) is 21.5. The number of nitrogens with zero attached hydrogens (tertiary/aromatic N) is 2. The van der Waals surface area contributed by atoms with E-state index in [-0.39, 0.29) is 10.8 Å². The van der Waals surface area contributed by atoms with E-state index in [9.17, 15) is 0 Å². The van der Waals surface area contributed by atoms with Crippen LogP contribution in [0.15, 0.2) is 41.1 Å². The molecule has 0 spiro atoms. The zero-order chi connectivity index (χ0) is 24.8. The molecule has 2 aliphatic carbocycles. The Balaban J connectivity index is 1.61. The van der Waals surface area contributed by atoms with Gasteiger partial charge in [0, 0.05) is 24.6 Å². The Morgan fingerprint density at radius 1 is 1.03 bits per heavy atom. The van der Waals surface area contributed by atoms with Gasteiger partial charge in [0.15, 0.2) is 11.8 Å². The number of aryl methyl sites for hydroxylation is 2. The van der Waals surface area contributed by atoms with E-state index in [2.05, 4.69) is 82.9 Å². The predicted molar refractivity (Wildman–Crippen MR) is 139 cm³/mol. The fourth-order valence-electron chi connectivity index (χ4n) is 6.49. The van der Waals surface area contributed by atoms with Crippen molar-refractivity contribution in [1.29, 1.82) is 0 Å². The van der Waals surface area contributed by atoms with Gasteiger partial charge in [-0.25, -0.2) is 9.55 Å². The Morgan fingerprint density at radius 3 is 2.50 bits per heavy atom. The Bertz CT molecular complexity index is 1490. The molecule has 0 bridgehead atoms. The van der Waals surface area contributed by atoms with Crippen molar-refractivity contribution in [2.45, 2.75) is 89.9 Å². The second kappa shape index (κ2) is 7.41. The lowest BCUT2D eigenvalue weighted by Crippen LogP contribution is -2.34. The van der Waals surface area contributed by atoms with Gasteiger partial charge in [0.05, 0.1) is 10.9 Å². The summed E-state index contributed by atoms with van der Waals surface area (Å²) in [4.78, 5) is 4.86. The maximum atomic E-state index is 8.96. The normalized spacial score (nSPS) is 21.1. The highest BCUT2D eigenvalue weighted by molar-refractivity contribution is 6.11. The van der Waals surface area contributed by atoms with Crippen molar-refractivity contribution in [3.8, 4) is 11.3 Å². The van der Waals surface area contributed by atoms with E-state index in [1.54, 1.807) is 0 Å². The molecule has 34 heavy (non-hydrogen) atoms. The van der Waals surface area contributed by atoms with Gasteiger partial charge < -0.3 is 4.42 Å². The minimum Gasteiger partial charge on any atom is -0.437 e. The van der Waals surface area contributed by atoms with Gasteiger partial charge >= 0.3 is 0 Å². The second-order valence-corrected chi connectivity index (χ2v) is 12.0. The quantitative estimate of drug-likeness (QED) is 0.289. The Morgan fingerprint density at radius 2 is 1.76 bits per heavy atom. The maximum Gasteiger partial charge on any atom is 0.227 e. The number of aromatic nitrogens is 2. The highest BCUT2D eigenvalue weighted by atomic mass is 16.3. The van der Waals surface area contributed by atoms with Crippen LogP contribution >= 0.6 is 0 Å². The predicted octanol–water partition coefficient (Wildman–Crippen LogP) is 7.79. The molecule has 0 saturated heterocycles. The molecule has 4 aromatic rings. The average Bonchev–Trinajstić information content (AvgIpc) is 3.41. The monoisotopic (exact) mass is 454 g/mol. The first-order valence-corrected chi connectivity index (χ1v) is 12.9. The zero-order valence-electron chi connectivity index (χ0n) is 22.5. The topological polar surface area (TPSA) is 29.9 Å². The van der Waals surface area contributed by atoms with E-state index in [0.29, 0.717) is 0 Å². The fraction of sp³-hybridized carbons (Fsp3) is 0.484. The van der Waals surface area contributed by atoms with Gasteiger partial charge in [-0.3, -0.25) is 0 Å². The number of hydrogen-bond acceptors (Lipinski definition) is 2. The standard InChI is InChI=1S/C31H37N2O/c1-19-11-13-22-26-27-23(30(2,3)15-16-31(27,4)5)17-32-29(26)34-28(22)25(19)24-14-12-21(18-33(24)6)20-9-7-8-10-20/h11-14,17-18,20H,7-10,15-16H2,1-6H3/q+1/i20D. The molecule has 1 fully saturated rings. The van der Waals surface area contributed by atoms with E-state index >= 15 is 0 Å². The van der Waals surface area contributed by atoms with E-state index in [1.165, 1.54) is 28.5 Å². The van der Waals surface area contributed by atoms with Crippen LogP contribution in [-0.2, 0) is 17.9 Å². The largest absolute Gasteiger partial charge is 0.437 e. The third kappa shape index (κ3) is 3.16. The van der Waals surface area contributed by atoms with Crippen molar-refractivity contribution >= 4 is 22.1 Å². The second-order valence-electron chi connectivity index (χ2n) is 12.0. The summed E-state index contributed by atoms with van der Waals surface area (Å²) in [7, 11) is 2.10. The molecular formula is C31H37N2O+. The summed E-state index contributed by atoms with van der Waals surface area (Å²) in [6, 6.07) is 8.81. The molecular weight excluding hydrogens is 416 g/mol. The molecule has 0 N–H and O–H groups in total. The smallest absolute Gasteiger partial charge is 0.227 e. The first-order valence-electron chi connectivity index (χ1n) is 13.4. The van der Waals surface area contributed by atoms with Crippen LogP contribution < -0.4 is 4.57 Å². The van der Waals surface area contributed by atoms with Gasteiger partial charge in [-0.15, -0.1) is 0 Å². The van der Waals surface area contributed by atoms with Crippen LogP contribution in [-0.4, -0.2) is 4.98 Å². The Kier molecular flexibility index (Phi) is 4.50. The minimum absolute atomic E-state index is 0.0734. The molecule has 0 radical (unpaired) electrons. The van der Waals surface area contributed by atoms with Gasteiger partial charge in [0.25, 0.3) is 0 Å². The first-order chi connectivity index (χ1) is 16.5. The summed E-state index contributed by atoms with van der Waals surface area (Å²) in [6.45, 7) is 11.6. The molecule has 0 unspecified atom stereocenters. The highest BCUT2D eigenvalue weighted by Crippen LogP contribution is 2.50. The molecule has 3 nitrogen and oxygen atoms in total. The molecule has 0 atom stereocenters. The summed E-state index contributed by atoms with van der Waals surface area (Å²) in [5.41, 5.74) is 9.17. The van der Waals surface area contributed by atoms with Crippen LogP contribution in [0.25, 0.3) is 33.3 Å². The van der Waals surface area contributed by atoms with E-state index in [1.807, 2.05) is 0 Å². The Labute approximate surface area is 204 Å². The van der Waals surface area contributed by atoms with Gasteiger partial charge in [0.2, 0.25) is 11.4 Å². The fourth-order valence-corrected chi connectivity index (χ4v) is 6.49. The van der Waals surface area contributed by atoms with Crippen molar-refractivity contribution in [3.05, 3.63) is 58.9 Å².